The van der Waals surface area contributed by atoms with E-state index in [0.29, 0.717) is 44.2 Å². The maximum absolute atomic E-state index is 13.5. The summed E-state index contributed by atoms with van der Waals surface area (Å²) in [7, 11) is 1.52. The van der Waals surface area contributed by atoms with Crippen molar-refractivity contribution in [3.05, 3.63) is 99.6 Å². The van der Waals surface area contributed by atoms with Gasteiger partial charge < -0.3 is 25.1 Å². The molecule has 1 aliphatic rings. The quantitative estimate of drug-likeness (QED) is 0.342. The van der Waals surface area contributed by atoms with Gasteiger partial charge in [-0.1, -0.05) is 41.6 Å². The highest BCUT2D eigenvalue weighted by molar-refractivity contribution is 8.03. The SMILES string of the molecule is COc1ccccc1NC(=O)C1=C(C)NC(SCC(=O)Nc2cccc(Cl)c2)=C(C#N)C1c1ccco1. The number of nitrogens with one attached hydrogen (secondary N) is 3. The molecule has 188 valence electrons. The Morgan fingerprint density at radius 2 is 1.97 bits per heavy atom. The first-order valence-electron chi connectivity index (χ1n) is 11.2. The van der Waals surface area contributed by atoms with Crippen LogP contribution in [0, 0.1) is 11.3 Å². The van der Waals surface area contributed by atoms with Gasteiger partial charge in [0, 0.05) is 16.4 Å². The molecule has 1 unspecified atom stereocenters. The van der Waals surface area contributed by atoms with Crippen molar-refractivity contribution >= 4 is 46.6 Å². The minimum atomic E-state index is -0.769. The summed E-state index contributed by atoms with van der Waals surface area (Å²) >= 11 is 7.15. The molecule has 0 aliphatic carbocycles. The van der Waals surface area contributed by atoms with Crippen LogP contribution in [0.4, 0.5) is 11.4 Å². The van der Waals surface area contributed by atoms with E-state index in [1.807, 2.05) is 0 Å². The summed E-state index contributed by atoms with van der Waals surface area (Å²) in [6.07, 6.45) is 1.49. The van der Waals surface area contributed by atoms with Gasteiger partial charge in [0.2, 0.25) is 5.91 Å². The third-order valence-corrected chi connectivity index (χ3v) is 6.78. The Morgan fingerprint density at radius 1 is 1.16 bits per heavy atom. The van der Waals surface area contributed by atoms with Crippen molar-refractivity contribution in [3.8, 4) is 11.8 Å². The molecular weight excluding hydrogens is 512 g/mol. The normalized spacial score (nSPS) is 15.0. The molecule has 0 saturated heterocycles. The molecule has 1 atom stereocenters. The average molecular weight is 535 g/mol. The monoisotopic (exact) mass is 534 g/mol. The number of methoxy groups -OCH3 is 1. The van der Waals surface area contributed by atoms with Gasteiger partial charge in [-0.2, -0.15) is 5.26 Å². The fraction of sp³-hybridized carbons (Fsp3) is 0.148. The topological polar surface area (TPSA) is 116 Å². The van der Waals surface area contributed by atoms with Gasteiger partial charge in [0.25, 0.3) is 5.91 Å². The van der Waals surface area contributed by atoms with E-state index in [9.17, 15) is 14.9 Å². The van der Waals surface area contributed by atoms with Crippen LogP contribution in [0.15, 0.2) is 93.2 Å². The van der Waals surface area contributed by atoms with Gasteiger partial charge in [-0.15, -0.1) is 0 Å². The Hall–Kier alpha value is -4.13. The number of para-hydroxylation sites is 2. The number of halogens is 1. The van der Waals surface area contributed by atoms with Gasteiger partial charge in [0.15, 0.2) is 0 Å². The van der Waals surface area contributed by atoms with E-state index < -0.39 is 11.8 Å². The molecule has 2 aromatic carbocycles. The number of carbonyl (C=O) groups is 2. The summed E-state index contributed by atoms with van der Waals surface area (Å²) < 4.78 is 11.0. The number of thioether (sulfide) groups is 1. The van der Waals surface area contributed by atoms with Crippen LogP contribution in [0.5, 0.6) is 5.75 Å². The Balaban J connectivity index is 1.59. The number of furan rings is 1. The molecule has 10 heteroatoms. The van der Waals surface area contributed by atoms with Gasteiger partial charge in [0.05, 0.1) is 53.0 Å². The lowest BCUT2D eigenvalue weighted by Gasteiger charge is -2.28. The fourth-order valence-corrected chi connectivity index (χ4v) is 4.99. The molecule has 0 radical (unpaired) electrons. The van der Waals surface area contributed by atoms with Crippen molar-refractivity contribution in [1.82, 2.24) is 5.32 Å². The van der Waals surface area contributed by atoms with E-state index in [2.05, 4.69) is 22.0 Å². The van der Waals surface area contributed by atoms with Crippen LogP contribution in [0.1, 0.15) is 18.6 Å². The molecule has 2 amide bonds. The van der Waals surface area contributed by atoms with E-state index in [0.717, 1.165) is 11.8 Å². The molecule has 3 aromatic rings. The summed E-state index contributed by atoms with van der Waals surface area (Å²) in [5, 5.41) is 19.9. The fourth-order valence-electron chi connectivity index (χ4n) is 3.91. The van der Waals surface area contributed by atoms with Gasteiger partial charge in [-0.05, 0) is 49.4 Å². The molecule has 4 rings (SSSR count). The standard InChI is InChI=1S/C27H23ClN4O4S/c1-16-24(26(34)32-20-9-3-4-10-21(20)35-2)25(22-11-6-12-36-22)19(14-29)27(30-16)37-15-23(33)31-18-8-5-7-17(28)13-18/h3-13,25,30H,15H2,1-2H3,(H,31,33)(H,32,34). The highest BCUT2D eigenvalue weighted by Gasteiger charge is 2.36. The highest BCUT2D eigenvalue weighted by Crippen LogP contribution is 2.41. The second-order valence-corrected chi connectivity index (χ2v) is 9.39. The second-order valence-electron chi connectivity index (χ2n) is 7.97. The maximum Gasteiger partial charge on any atom is 0.254 e. The van der Waals surface area contributed by atoms with E-state index in [-0.39, 0.29) is 17.2 Å². The van der Waals surface area contributed by atoms with Crippen molar-refractivity contribution in [1.29, 1.82) is 5.26 Å². The lowest BCUT2D eigenvalue weighted by atomic mass is 9.85. The second kappa shape index (κ2) is 11.7. The lowest BCUT2D eigenvalue weighted by molar-refractivity contribution is -0.114. The predicted molar refractivity (Wildman–Crippen MR) is 144 cm³/mol. The van der Waals surface area contributed by atoms with Crippen LogP contribution < -0.4 is 20.7 Å². The molecule has 8 nitrogen and oxygen atoms in total. The number of carbonyl (C=O) groups excluding carboxylic acids is 2. The first-order valence-corrected chi connectivity index (χ1v) is 12.6. The number of ether oxygens (including phenoxy) is 1. The number of dihydropyridines is 1. The number of allylic oxidation sites excluding steroid dienone is 2. The molecule has 3 N–H and O–H groups in total. The zero-order valence-corrected chi connectivity index (χ0v) is 21.6. The number of nitrogens with zero attached hydrogens (tertiary/aromatic N) is 1. The molecule has 37 heavy (non-hydrogen) atoms. The van der Waals surface area contributed by atoms with Crippen LogP contribution in [0.25, 0.3) is 0 Å². The first kappa shape index (κ1) is 25.9. The maximum atomic E-state index is 13.5. The van der Waals surface area contributed by atoms with Gasteiger partial charge in [0.1, 0.15) is 11.5 Å². The third-order valence-electron chi connectivity index (χ3n) is 5.53. The molecule has 0 spiro atoms. The molecule has 0 bridgehead atoms. The summed E-state index contributed by atoms with van der Waals surface area (Å²) in [4.78, 5) is 26.1. The van der Waals surface area contributed by atoms with E-state index in [1.54, 1.807) is 67.6 Å². The molecule has 0 saturated carbocycles. The van der Waals surface area contributed by atoms with Gasteiger partial charge >= 0.3 is 0 Å². The smallest absolute Gasteiger partial charge is 0.254 e. The summed E-state index contributed by atoms with van der Waals surface area (Å²) in [6.45, 7) is 1.74. The highest BCUT2D eigenvalue weighted by atomic mass is 35.5. The minimum Gasteiger partial charge on any atom is -0.495 e. The number of hydrogen-bond donors (Lipinski definition) is 3. The van der Waals surface area contributed by atoms with Gasteiger partial charge in [-0.3, -0.25) is 9.59 Å². The van der Waals surface area contributed by atoms with E-state index >= 15 is 0 Å². The number of amides is 2. The first-order chi connectivity index (χ1) is 17.9. The Labute approximate surface area is 223 Å². The zero-order valence-electron chi connectivity index (χ0n) is 20.0. The lowest BCUT2D eigenvalue weighted by Crippen LogP contribution is -2.31. The van der Waals surface area contributed by atoms with E-state index in [1.165, 1.54) is 13.4 Å². The Morgan fingerprint density at radius 3 is 2.68 bits per heavy atom. The Bertz CT molecular complexity index is 1430. The zero-order chi connectivity index (χ0) is 26.4. The largest absolute Gasteiger partial charge is 0.495 e. The number of rotatable bonds is 8. The number of anilines is 2. The summed E-state index contributed by atoms with van der Waals surface area (Å²) in [5.74, 6) is -0.480. The van der Waals surface area contributed by atoms with Crippen molar-refractivity contribution in [2.75, 3.05) is 23.5 Å². The van der Waals surface area contributed by atoms with E-state index in [4.69, 9.17) is 20.8 Å². The van der Waals surface area contributed by atoms with Crippen LogP contribution in [-0.2, 0) is 9.59 Å². The van der Waals surface area contributed by atoms with Gasteiger partial charge in [-0.25, -0.2) is 0 Å². The van der Waals surface area contributed by atoms with Crippen LogP contribution in [0.2, 0.25) is 5.02 Å². The van der Waals surface area contributed by atoms with Crippen molar-refractivity contribution in [2.24, 2.45) is 0 Å². The van der Waals surface area contributed by atoms with Crippen LogP contribution in [-0.4, -0.2) is 24.7 Å². The van der Waals surface area contributed by atoms with Crippen molar-refractivity contribution in [3.63, 3.8) is 0 Å². The number of hydrogen-bond acceptors (Lipinski definition) is 7. The molecule has 1 aromatic heterocycles. The molecule has 1 aliphatic heterocycles. The van der Waals surface area contributed by atoms with Crippen molar-refractivity contribution < 1.29 is 18.7 Å². The summed E-state index contributed by atoms with van der Waals surface area (Å²) in [6, 6.07) is 19.5. The minimum absolute atomic E-state index is 0.0287. The molecule has 2 heterocycles. The number of benzene rings is 2. The molecule has 0 fully saturated rings. The van der Waals surface area contributed by atoms with Crippen molar-refractivity contribution in [2.45, 2.75) is 12.8 Å². The average Bonchev–Trinajstić information content (AvgIpc) is 3.42. The predicted octanol–water partition coefficient (Wildman–Crippen LogP) is 5.65. The molecular formula is C27H23ClN4O4S. The third kappa shape index (κ3) is 6.00. The summed E-state index contributed by atoms with van der Waals surface area (Å²) in [5.41, 5.74) is 2.19. The number of nitriles is 1. The van der Waals surface area contributed by atoms with Crippen LogP contribution in [0.3, 0.4) is 0 Å². The van der Waals surface area contributed by atoms with Crippen LogP contribution >= 0.6 is 23.4 Å². The Kier molecular flexibility index (Phi) is 8.23.